The van der Waals surface area contributed by atoms with E-state index in [2.05, 4.69) is 12.6 Å². The third-order valence-electron chi connectivity index (χ3n) is 0.942. The van der Waals surface area contributed by atoms with Crippen LogP contribution in [0.25, 0.3) is 0 Å². The summed E-state index contributed by atoms with van der Waals surface area (Å²) in [6.45, 7) is 0. The summed E-state index contributed by atoms with van der Waals surface area (Å²) in [5.74, 6) is -2.20. The number of carboxylic acid groups (broad SMARTS) is 1. The van der Waals surface area contributed by atoms with E-state index in [0.717, 1.165) is 0 Å². The van der Waals surface area contributed by atoms with Crippen LogP contribution in [0.3, 0.4) is 0 Å². The van der Waals surface area contributed by atoms with Gasteiger partial charge in [0.05, 0.1) is 12.5 Å². The van der Waals surface area contributed by atoms with Crippen LogP contribution in [0.1, 0.15) is 6.42 Å². The first kappa shape index (κ1) is 10.1. The smallest absolute Gasteiger partial charge is 0.305 e. The molecule has 0 unspecified atom stereocenters. The molecule has 0 bridgehead atoms. The highest BCUT2D eigenvalue weighted by Gasteiger charge is 2.20. The summed E-state index contributed by atoms with van der Waals surface area (Å²) < 4.78 is 0. The standard InChI is InChI=1S/C5H7NO4S/c6-2(1-3(7)8)4(9)5(10)11/h2H,1,6H2,(H,7,8)(H,10,11)/t2-/m0/s1. The lowest BCUT2D eigenvalue weighted by Crippen LogP contribution is -2.36. The fraction of sp³-hybridized carbons (Fsp3) is 0.400. The van der Waals surface area contributed by atoms with Crippen LogP contribution in [0.4, 0.5) is 0 Å². The van der Waals surface area contributed by atoms with Crippen molar-refractivity contribution in [1.82, 2.24) is 0 Å². The zero-order valence-corrected chi connectivity index (χ0v) is 6.38. The molecule has 0 amide bonds. The van der Waals surface area contributed by atoms with Crippen molar-refractivity contribution in [3.8, 4) is 0 Å². The van der Waals surface area contributed by atoms with Gasteiger partial charge in [0.25, 0.3) is 5.12 Å². The Labute approximate surface area is 68.0 Å². The highest BCUT2D eigenvalue weighted by molar-refractivity contribution is 7.98. The Morgan fingerprint density at radius 1 is 1.45 bits per heavy atom. The molecule has 1 atom stereocenters. The van der Waals surface area contributed by atoms with Gasteiger partial charge in [-0.05, 0) is 0 Å². The summed E-state index contributed by atoms with van der Waals surface area (Å²) in [6, 6.07) is -1.28. The average molecular weight is 177 g/mol. The molecule has 0 saturated heterocycles. The molecule has 11 heavy (non-hydrogen) atoms. The lowest BCUT2D eigenvalue weighted by molar-refractivity contribution is -0.140. The fourth-order valence-corrected chi connectivity index (χ4v) is 0.605. The molecule has 0 aliphatic carbocycles. The predicted octanol–water partition coefficient (Wildman–Crippen LogP) is -1.19. The van der Waals surface area contributed by atoms with Crippen LogP contribution in [-0.2, 0) is 14.4 Å². The summed E-state index contributed by atoms with van der Waals surface area (Å²) in [6.07, 6.45) is -0.550. The summed E-state index contributed by atoms with van der Waals surface area (Å²) in [5, 5.41) is 7.13. The number of hydrogen-bond donors (Lipinski definition) is 3. The molecule has 0 heterocycles. The molecule has 62 valence electrons. The van der Waals surface area contributed by atoms with Gasteiger partial charge in [-0.15, -0.1) is 0 Å². The number of Topliss-reactive ketones (excluding diaryl/α,β-unsaturated/α-hetero) is 1. The van der Waals surface area contributed by atoms with Gasteiger partial charge in [0, 0.05) is 0 Å². The average Bonchev–Trinajstić information content (AvgIpc) is 1.84. The Morgan fingerprint density at radius 2 is 1.91 bits per heavy atom. The van der Waals surface area contributed by atoms with E-state index < -0.39 is 29.3 Å². The highest BCUT2D eigenvalue weighted by atomic mass is 32.1. The number of ketones is 1. The van der Waals surface area contributed by atoms with Crippen molar-refractivity contribution in [3.05, 3.63) is 0 Å². The zero-order chi connectivity index (χ0) is 9.02. The Bertz CT molecular complexity index is 203. The molecule has 0 aliphatic heterocycles. The van der Waals surface area contributed by atoms with Crippen LogP contribution in [0.2, 0.25) is 0 Å². The topological polar surface area (TPSA) is 97.5 Å². The summed E-state index contributed by atoms with van der Waals surface area (Å²) in [5.41, 5.74) is 5.02. The number of rotatable bonds is 4. The molecule has 0 aliphatic rings. The first-order chi connectivity index (χ1) is 4.95. The second kappa shape index (κ2) is 4.09. The summed E-state index contributed by atoms with van der Waals surface area (Å²) in [4.78, 5) is 30.7. The van der Waals surface area contributed by atoms with Crippen LogP contribution in [-0.4, -0.2) is 28.0 Å². The quantitative estimate of drug-likeness (QED) is 0.370. The van der Waals surface area contributed by atoms with E-state index in [0.29, 0.717) is 0 Å². The van der Waals surface area contributed by atoms with Crippen molar-refractivity contribution in [2.75, 3.05) is 0 Å². The largest absolute Gasteiger partial charge is 0.481 e. The van der Waals surface area contributed by atoms with Crippen LogP contribution in [0, 0.1) is 0 Å². The number of aliphatic carboxylic acids is 1. The second-order valence-corrected chi connectivity index (χ2v) is 2.28. The normalized spacial score (nSPS) is 12.2. The van der Waals surface area contributed by atoms with Crippen molar-refractivity contribution in [2.24, 2.45) is 5.73 Å². The number of hydrogen-bond acceptors (Lipinski definition) is 4. The van der Waals surface area contributed by atoms with Crippen molar-refractivity contribution in [1.29, 1.82) is 0 Å². The van der Waals surface area contributed by atoms with Gasteiger partial charge >= 0.3 is 5.97 Å². The fourth-order valence-electron chi connectivity index (χ4n) is 0.439. The van der Waals surface area contributed by atoms with Crippen molar-refractivity contribution >= 4 is 29.5 Å². The van der Waals surface area contributed by atoms with Gasteiger partial charge in [-0.3, -0.25) is 14.4 Å². The molecule has 5 nitrogen and oxygen atoms in total. The summed E-state index contributed by atoms with van der Waals surface area (Å²) in [7, 11) is 0. The lowest BCUT2D eigenvalue weighted by atomic mass is 10.1. The Morgan fingerprint density at radius 3 is 2.18 bits per heavy atom. The lowest BCUT2D eigenvalue weighted by Gasteiger charge is -2.02. The molecule has 0 radical (unpaired) electrons. The van der Waals surface area contributed by atoms with Crippen LogP contribution in [0.5, 0.6) is 0 Å². The maximum Gasteiger partial charge on any atom is 0.305 e. The van der Waals surface area contributed by atoms with Gasteiger partial charge < -0.3 is 10.8 Å². The predicted molar refractivity (Wildman–Crippen MR) is 39.2 cm³/mol. The minimum Gasteiger partial charge on any atom is -0.481 e. The van der Waals surface area contributed by atoms with E-state index in [1.54, 1.807) is 0 Å². The van der Waals surface area contributed by atoms with Gasteiger partial charge in [0.2, 0.25) is 5.78 Å². The minimum atomic E-state index is -1.28. The first-order valence-corrected chi connectivity index (χ1v) is 3.14. The van der Waals surface area contributed by atoms with E-state index in [1.165, 1.54) is 0 Å². The van der Waals surface area contributed by atoms with E-state index in [1.807, 2.05) is 0 Å². The molecular weight excluding hydrogens is 170 g/mol. The Balaban J connectivity index is 4.03. The Kier molecular flexibility index (Phi) is 3.77. The second-order valence-electron chi connectivity index (χ2n) is 1.87. The molecule has 0 aromatic rings. The third kappa shape index (κ3) is 3.74. The Hall–Kier alpha value is -0.880. The minimum absolute atomic E-state index is 0.550. The van der Waals surface area contributed by atoms with E-state index in [-0.39, 0.29) is 0 Å². The van der Waals surface area contributed by atoms with Crippen LogP contribution in [0.15, 0.2) is 0 Å². The summed E-state index contributed by atoms with van der Waals surface area (Å²) >= 11 is 3.19. The molecule has 0 aromatic carbocycles. The van der Waals surface area contributed by atoms with Gasteiger partial charge in [-0.2, -0.15) is 0 Å². The molecule has 0 saturated carbocycles. The number of nitrogens with two attached hydrogens (primary N) is 1. The molecule has 0 rings (SSSR count). The van der Waals surface area contributed by atoms with E-state index in [9.17, 15) is 14.4 Å². The molecule has 6 heteroatoms. The monoisotopic (exact) mass is 177 g/mol. The zero-order valence-electron chi connectivity index (χ0n) is 5.48. The first-order valence-electron chi connectivity index (χ1n) is 2.69. The number of thiol groups is 1. The molecule has 3 N–H and O–H groups in total. The highest BCUT2D eigenvalue weighted by Crippen LogP contribution is 1.93. The van der Waals surface area contributed by atoms with Crippen LogP contribution >= 0.6 is 12.6 Å². The third-order valence-corrected chi connectivity index (χ3v) is 1.16. The molecule has 0 fully saturated rings. The van der Waals surface area contributed by atoms with Gasteiger partial charge in [0.1, 0.15) is 0 Å². The maximum atomic E-state index is 10.6. The molecule has 0 aromatic heterocycles. The van der Waals surface area contributed by atoms with Gasteiger partial charge in [0.15, 0.2) is 0 Å². The van der Waals surface area contributed by atoms with Gasteiger partial charge in [-0.25, -0.2) is 0 Å². The van der Waals surface area contributed by atoms with E-state index >= 15 is 0 Å². The molecule has 0 spiro atoms. The number of carbonyl (C=O) groups excluding carboxylic acids is 2. The number of carbonyl (C=O) groups is 3. The van der Waals surface area contributed by atoms with Crippen LogP contribution < -0.4 is 5.73 Å². The maximum absolute atomic E-state index is 10.6. The van der Waals surface area contributed by atoms with Crippen molar-refractivity contribution < 1.29 is 19.5 Å². The van der Waals surface area contributed by atoms with Crippen molar-refractivity contribution in [3.63, 3.8) is 0 Å². The number of carboxylic acids is 1. The van der Waals surface area contributed by atoms with E-state index in [4.69, 9.17) is 10.8 Å². The SMILES string of the molecule is N[C@@H](CC(=O)O)C(=O)C(=O)S. The van der Waals surface area contributed by atoms with Crippen molar-refractivity contribution in [2.45, 2.75) is 12.5 Å². The van der Waals surface area contributed by atoms with Gasteiger partial charge in [-0.1, -0.05) is 12.6 Å². The molecular formula is C5H7NO4S.